The molecule has 1 fully saturated rings. The van der Waals surface area contributed by atoms with Gasteiger partial charge >= 0.3 is 0 Å². The number of carbonyl (C=O) groups is 1. The van der Waals surface area contributed by atoms with Crippen LogP contribution in [0.15, 0.2) is 67.0 Å². The lowest BCUT2D eigenvalue weighted by molar-refractivity contribution is -0.126. The molecule has 1 aliphatic rings. The number of aryl methyl sites for hydroxylation is 1. The number of fused-ring (bicyclic) bond motifs is 3. The van der Waals surface area contributed by atoms with Crippen molar-refractivity contribution < 1.29 is 4.79 Å². The first-order chi connectivity index (χ1) is 15.2. The second-order valence-corrected chi connectivity index (χ2v) is 7.73. The van der Waals surface area contributed by atoms with Crippen LogP contribution in [-0.4, -0.2) is 51.5 Å². The second-order valence-electron chi connectivity index (χ2n) is 7.73. The summed E-state index contributed by atoms with van der Waals surface area (Å²) in [6.07, 6.45) is 7.11. The van der Waals surface area contributed by atoms with E-state index in [9.17, 15) is 4.79 Å². The predicted octanol–water partition coefficient (Wildman–Crippen LogP) is 3.97. The van der Waals surface area contributed by atoms with E-state index in [1.54, 1.807) is 18.5 Å². The van der Waals surface area contributed by atoms with Crippen molar-refractivity contribution in [2.24, 2.45) is 0 Å². The summed E-state index contributed by atoms with van der Waals surface area (Å²) in [5, 5.41) is 2.48. The van der Waals surface area contributed by atoms with Crippen LogP contribution < -0.4 is 4.90 Å². The Kier molecular flexibility index (Phi) is 5.12. The molecule has 3 heterocycles. The van der Waals surface area contributed by atoms with Crippen LogP contribution in [0, 0.1) is 0 Å². The number of carbonyl (C=O) groups excluding carboxylic acids is 1. The van der Waals surface area contributed by atoms with Crippen LogP contribution >= 0.6 is 0 Å². The van der Waals surface area contributed by atoms with Crippen LogP contribution in [0.1, 0.15) is 12.5 Å². The van der Waals surface area contributed by atoms with Crippen molar-refractivity contribution in [1.82, 2.24) is 19.4 Å². The van der Waals surface area contributed by atoms with E-state index in [0.29, 0.717) is 13.1 Å². The van der Waals surface area contributed by atoms with Crippen molar-refractivity contribution in [2.75, 3.05) is 31.1 Å². The number of hydrogen-bond acceptors (Lipinski definition) is 4. The van der Waals surface area contributed by atoms with Gasteiger partial charge in [0.2, 0.25) is 11.9 Å². The highest BCUT2D eigenvalue weighted by atomic mass is 16.2. The molecule has 0 saturated carbocycles. The molecule has 0 bridgehead atoms. The van der Waals surface area contributed by atoms with Crippen LogP contribution in [-0.2, 0) is 11.3 Å². The number of rotatable bonds is 4. The quantitative estimate of drug-likeness (QED) is 0.477. The molecule has 0 aliphatic carbocycles. The Morgan fingerprint density at radius 1 is 0.935 bits per heavy atom. The third-order valence-electron chi connectivity index (χ3n) is 5.96. The molecule has 0 spiro atoms. The normalized spacial score (nSPS) is 14.7. The number of aromatic nitrogens is 3. The fraction of sp³-hybridized carbons (Fsp3) is 0.240. The predicted molar refractivity (Wildman–Crippen MR) is 125 cm³/mol. The fourth-order valence-corrected chi connectivity index (χ4v) is 4.37. The molecular weight excluding hydrogens is 386 g/mol. The first-order valence-electron chi connectivity index (χ1n) is 10.7. The molecular formula is C25H25N5O. The topological polar surface area (TPSA) is 54.3 Å². The summed E-state index contributed by atoms with van der Waals surface area (Å²) in [4.78, 5) is 25.3. The Balaban J connectivity index is 1.31. The zero-order chi connectivity index (χ0) is 21.2. The molecule has 156 valence electrons. The van der Waals surface area contributed by atoms with E-state index < -0.39 is 0 Å². The van der Waals surface area contributed by atoms with Gasteiger partial charge in [-0.15, -0.1) is 0 Å². The molecule has 2 aromatic heterocycles. The Morgan fingerprint density at radius 3 is 2.45 bits per heavy atom. The average molecular weight is 412 g/mol. The van der Waals surface area contributed by atoms with Crippen molar-refractivity contribution in [3.63, 3.8) is 0 Å². The van der Waals surface area contributed by atoms with Crippen LogP contribution in [0.2, 0.25) is 0 Å². The molecule has 4 aromatic rings. The lowest BCUT2D eigenvalue weighted by Crippen LogP contribution is -2.48. The van der Waals surface area contributed by atoms with Gasteiger partial charge in [-0.05, 0) is 42.8 Å². The average Bonchev–Trinajstić information content (AvgIpc) is 3.16. The van der Waals surface area contributed by atoms with Crippen molar-refractivity contribution in [1.29, 1.82) is 0 Å². The van der Waals surface area contributed by atoms with Crippen LogP contribution in [0.3, 0.4) is 0 Å². The second kappa shape index (κ2) is 8.22. The highest BCUT2D eigenvalue weighted by Gasteiger charge is 2.21. The van der Waals surface area contributed by atoms with Crippen LogP contribution in [0.5, 0.6) is 0 Å². The first-order valence-corrected chi connectivity index (χ1v) is 10.7. The van der Waals surface area contributed by atoms with Gasteiger partial charge in [0.05, 0.1) is 0 Å². The first kappa shape index (κ1) is 19.3. The summed E-state index contributed by atoms with van der Waals surface area (Å²) in [5.41, 5.74) is 3.51. The zero-order valence-electron chi connectivity index (χ0n) is 17.6. The van der Waals surface area contributed by atoms with Gasteiger partial charge in [0.25, 0.3) is 0 Å². The van der Waals surface area contributed by atoms with Gasteiger partial charge in [-0.2, -0.15) is 0 Å². The van der Waals surface area contributed by atoms with Crippen molar-refractivity contribution in [2.45, 2.75) is 13.5 Å². The maximum atomic E-state index is 12.7. The summed E-state index contributed by atoms with van der Waals surface area (Å²) in [7, 11) is 0. The fourth-order valence-electron chi connectivity index (χ4n) is 4.37. The molecule has 6 heteroatoms. The molecule has 6 nitrogen and oxygen atoms in total. The van der Waals surface area contributed by atoms with Crippen molar-refractivity contribution in [3.05, 3.63) is 72.6 Å². The molecule has 1 amide bonds. The standard InChI is InChI=1S/C25H25N5O/c1-2-30-22-7-4-3-6-20(22)21-18-19(8-10-23(21)30)9-11-24(31)28-14-16-29(17-15-28)25-26-12-5-13-27-25/h3-13,18H,2,14-17H2,1H3/b11-9+. The Labute approximate surface area is 181 Å². The summed E-state index contributed by atoms with van der Waals surface area (Å²) < 4.78 is 2.33. The third kappa shape index (κ3) is 3.65. The zero-order valence-corrected chi connectivity index (χ0v) is 17.6. The van der Waals surface area contributed by atoms with Crippen LogP contribution in [0.25, 0.3) is 27.9 Å². The maximum absolute atomic E-state index is 12.7. The lowest BCUT2D eigenvalue weighted by atomic mass is 10.1. The molecule has 0 atom stereocenters. The summed E-state index contributed by atoms with van der Waals surface area (Å²) in [6.45, 7) is 5.92. The summed E-state index contributed by atoms with van der Waals surface area (Å²) in [5.74, 6) is 0.773. The molecule has 5 rings (SSSR count). The molecule has 31 heavy (non-hydrogen) atoms. The number of amides is 1. The van der Waals surface area contributed by atoms with Crippen LogP contribution in [0.4, 0.5) is 5.95 Å². The van der Waals surface area contributed by atoms with E-state index >= 15 is 0 Å². The van der Waals surface area contributed by atoms with Crippen molar-refractivity contribution >= 4 is 39.7 Å². The van der Waals surface area contributed by atoms with E-state index in [4.69, 9.17) is 0 Å². The maximum Gasteiger partial charge on any atom is 0.246 e. The van der Waals surface area contributed by atoms with Gasteiger partial charge in [-0.1, -0.05) is 24.3 Å². The Hall–Kier alpha value is -3.67. The van der Waals surface area contributed by atoms with Gasteiger partial charge < -0.3 is 14.4 Å². The monoisotopic (exact) mass is 411 g/mol. The Bertz CT molecular complexity index is 1250. The number of para-hydroxylation sites is 1. The Morgan fingerprint density at radius 2 is 1.68 bits per heavy atom. The van der Waals surface area contributed by atoms with E-state index in [1.807, 2.05) is 17.0 Å². The third-order valence-corrected chi connectivity index (χ3v) is 5.96. The molecule has 1 aliphatic heterocycles. The SMILES string of the molecule is CCn1c2ccccc2c2cc(/C=C/C(=O)N3CCN(c4ncccn4)CC3)ccc21. The minimum atomic E-state index is 0.0460. The number of piperazine rings is 1. The molecule has 2 aromatic carbocycles. The number of benzene rings is 2. The van der Waals surface area contributed by atoms with Gasteiger partial charge in [0.15, 0.2) is 0 Å². The minimum absolute atomic E-state index is 0.0460. The molecule has 0 unspecified atom stereocenters. The number of nitrogens with zero attached hydrogens (tertiary/aromatic N) is 5. The summed E-state index contributed by atoms with van der Waals surface area (Å²) >= 11 is 0. The van der Waals surface area contributed by atoms with Crippen molar-refractivity contribution in [3.8, 4) is 0 Å². The van der Waals surface area contributed by atoms with Gasteiger partial charge in [-0.3, -0.25) is 4.79 Å². The minimum Gasteiger partial charge on any atom is -0.341 e. The largest absolute Gasteiger partial charge is 0.341 e. The van der Waals surface area contributed by atoms with E-state index in [-0.39, 0.29) is 5.91 Å². The van der Waals surface area contributed by atoms with Gasteiger partial charge in [0.1, 0.15) is 0 Å². The molecule has 1 saturated heterocycles. The van der Waals surface area contributed by atoms with E-state index in [1.165, 1.54) is 21.8 Å². The molecule has 0 radical (unpaired) electrons. The smallest absolute Gasteiger partial charge is 0.246 e. The van der Waals surface area contributed by atoms with Gasteiger partial charge in [-0.25, -0.2) is 9.97 Å². The highest BCUT2D eigenvalue weighted by molar-refractivity contribution is 6.08. The number of hydrogen-bond donors (Lipinski definition) is 0. The van der Waals surface area contributed by atoms with E-state index in [2.05, 4.69) is 68.8 Å². The van der Waals surface area contributed by atoms with E-state index in [0.717, 1.165) is 31.1 Å². The van der Waals surface area contributed by atoms with Gasteiger partial charge in [0, 0.05) is 73.0 Å². The highest BCUT2D eigenvalue weighted by Crippen LogP contribution is 2.30. The summed E-state index contributed by atoms with van der Waals surface area (Å²) in [6, 6.07) is 16.7. The lowest BCUT2D eigenvalue weighted by Gasteiger charge is -2.34. The number of anilines is 1. The molecule has 0 N–H and O–H groups in total.